The van der Waals surface area contributed by atoms with Gasteiger partial charge in [0, 0.05) is 11.1 Å². The Morgan fingerprint density at radius 2 is 2.21 bits per heavy atom. The number of amides is 1. The van der Waals surface area contributed by atoms with Crippen molar-refractivity contribution >= 4 is 34.8 Å². The SMILES string of the molecule is Cc1cc(Cl)nc(NC(=O)c2csc(C(C)N)n2)n1. The second kappa shape index (κ2) is 5.60. The fourth-order valence-corrected chi connectivity index (χ4v) is 2.35. The van der Waals surface area contributed by atoms with Gasteiger partial charge < -0.3 is 5.73 Å². The van der Waals surface area contributed by atoms with Gasteiger partial charge in [-0.25, -0.2) is 15.0 Å². The van der Waals surface area contributed by atoms with Crippen molar-refractivity contribution in [3.05, 3.63) is 33.0 Å². The molecule has 0 spiro atoms. The van der Waals surface area contributed by atoms with Crippen LogP contribution in [0.1, 0.15) is 34.2 Å². The van der Waals surface area contributed by atoms with Crippen molar-refractivity contribution in [2.24, 2.45) is 5.73 Å². The Hall–Kier alpha value is -1.57. The summed E-state index contributed by atoms with van der Waals surface area (Å²) in [5, 5.41) is 5.17. The molecule has 1 unspecified atom stereocenters. The minimum absolute atomic E-state index is 0.158. The van der Waals surface area contributed by atoms with Gasteiger partial charge in [-0.15, -0.1) is 11.3 Å². The van der Waals surface area contributed by atoms with E-state index in [2.05, 4.69) is 20.3 Å². The van der Waals surface area contributed by atoms with E-state index in [0.29, 0.717) is 16.4 Å². The molecule has 19 heavy (non-hydrogen) atoms. The fraction of sp³-hybridized carbons (Fsp3) is 0.273. The van der Waals surface area contributed by atoms with Crippen LogP contribution >= 0.6 is 22.9 Å². The van der Waals surface area contributed by atoms with Crippen LogP contribution in [0.2, 0.25) is 5.15 Å². The summed E-state index contributed by atoms with van der Waals surface area (Å²) in [6, 6.07) is 1.41. The highest BCUT2D eigenvalue weighted by atomic mass is 35.5. The quantitative estimate of drug-likeness (QED) is 0.847. The van der Waals surface area contributed by atoms with E-state index in [0.717, 1.165) is 0 Å². The average molecular weight is 298 g/mol. The zero-order valence-electron chi connectivity index (χ0n) is 10.3. The molecule has 1 atom stereocenters. The average Bonchev–Trinajstić information content (AvgIpc) is 2.76. The Morgan fingerprint density at radius 1 is 1.47 bits per heavy atom. The topological polar surface area (TPSA) is 93.8 Å². The zero-order valence-corrected chi connectivity index (χ0v) is 11.9. The lowest BCUT2D eigenvalue weighted by Gasteiger charge is -2.03. The maximum Gasteiger partial charge on any atom is 0.277 e. The first-order chi connectivity index (χ1) is 8.95. The number of carbonyl (C=O) groups is 1. The predicted molar refractivity (Wildman–Crippen MR) is 74.4 cm³/mol. The largest absolute Gasteiger partial charge is 0.322 e. The molecule has 0 aliphatic carbocycles. The molecule has 2 heterocycles. The summed E-state index contributed by atoms with van der Waals surface area (Å²) in [6.45, 7) is 3.57. The first kappa shape index (κ1) is 13.9. The molecule has 100 valence electrons. The van der Waals surface area contributed by atoms with Crippen molar-refractivity contribution in [1.82, 2.24) is 15.0 Å². The Labute approximate surface area is 119 Å². The van der Waals surface area contributed by atoms with Crippen LogP contribution in [0.3, 0.4) is 0 Å². The van der Waals surface area contributed by atoms with Crippen LogP contribution in [0.25, 0.3) is 0 Å². The van der Waals surface area contributed by atoms with Gasteiger partial charge >= 0.3 is 0 Å². The number of hydrogen-bond donors (Lipinski definition) is 2. The molecule has 2 aromatic rings. The molecule has 0 aliphatic heterocycles. The highest BCUT2D eigenvalue weighted by Gasteiger charge is 2.14. The van der Waals surface area contributed by atoms with Crippen molar-refractivity contribution in [2.45, 2.75) is 19.9 Å². The van der Waals surface area contributed by atoms with Gasteiger partial charge in [-0.1, -0.05) is 11.6 Å². The van der Waals surface area contributed by atoms with Crippen LogP contribution in [-0.2, 0) is 0 Å². The van der Waals surface area contributed by atoms with E-state index in [-0.39, 0.29) is 23.1 Å². The number of hydrogen-bond acceptors (Lipinski definition) is 6. The normalized spacial score (nSPS) is 12.2. The maximum atomic E-state index is 11.9. The molecule has 0 bridgehead atoms. The summed E-state index contributed by atoms with van der Waals surface area (Å²) < 4.78 is 0. The Kier molecular flexibility index (Phi) is 4.08. The Balaban J connectivity index is 2.15. The number of thiazole rings is 1. The number of nitrogens with two attached hydrogens (primary N) is 1. The van der Waals surface area contributed by atoms with Gasteiger partial charge in [-0.2, -0.15) is 0 Å². The van der Waals surface area contributed by atoms with Crippen molar-refractivity contribution in [3.63, 3.8) is 0 Å². The highest BCUT2D eigenvalue weighted by Crippen LogP contribution is 2.17. The monoisotopic (exact) mass is 297 g/mol. The first-order valence-corrected chi connectivity index (χ1v) is 6.75. The summed E-state index contributed by atoms with van der Waals surface area (Å²) in [4.78, 5) is 24.1. The summed E-state index contributed by atoms with van der Waals surface area (Å²) >= 11 is 7.13. The van der Waals surface area contributed by atoms with E-state index >= 15 is 0 Å². The third-order valence-corrected chi connectivity index (χ3v) is 3.43. The first-order valence-electron chi connectivity index (χ1n) is 5.49. The lowest BCUT2D eigenvalue weighted by Crippen LogP contribution is -2.15. The molecule has 3 N–H and O–H groups in total. The summed E-state index contributed by atoms with van der Waals surface area (Å²) in [6.07, 6.45) is 0. The smallest absolute Gasteiger partial charge is 0.277 e. The highest BCUT2D eigenvalue weighted by molar-refractivity contribution is 7.09. The number of halogens is 1. The molecule has 8 heteroatoms. The number of anilines is 1. The molecular formula is C11H12ClN5OS. The standard InChI is InChI=1S/C11H12ClN5OS/c1-5-3-8(12)16-11(14-5)17-9(18)7-4-19-10(15-7)6(2)13/h3-4,6H,13H2,1-2H3,(H,14,16,17,18). The van der Waals surface area contributed by atoms with Crippen LogP contribution < -0.4 is 11.1 Å². The van der Waals surface area contributed by atoms with Gasteiger partial charge in [0.15, 0.2) is 0 Å². The molecule has 0 saturated carbocycles. The number of nitrogens with zero attached hydrogens (tertiary/aromatic N) is 3. The predicted octanol–water partition coefficient (Wildman–Crippen LogP) is 2.17. The van der Waals surface area contributed by atoms with Crippen LogP contribution in [0.15, 0.2) is 11.4 Å². The van der Waals surface area contributed by atoms with E-state index in [1.807, 2.05) is 6.92 Å². The number of rotatable bonds is 3. The molecule has 2 aromatic heterocycles. The van der Waals surface area contributed by atoms with E-state index in [4.69, 9.17) is 17.3 Å². The number of aryl methyl sites for hydroxylation is 1. The fourth-order valence-electron chi connectivity index (χ4n) is 1.35. The van der Waals surface area contributed by atoms with Gasteiger partial charge in [-0.3, -0.25) is 10.1 Å². The second-order valence-corrected chi connectivity index (χ2v) is 5.25. The molecule has 0 fully saturated rings. The van der Waals surface area contributed by atoms with Gasteiger partial charge in [0.05, 0.1) is 6.04 Å². The Bertz CT molecular complexity index is 593. The summed E-state index contributed by atoms with van der Waals surface area (Å²) in [5.74, 6) is -0.227. The lowest BCUT2D eigenvalue weighted by atomic mass is 10.4. The molecule has 0 radical (unpaired) electrons. The lowest BCUT2D eigenvalue weighted by molar-refractivity contribution is 0.102. The molecule has 0 saturated heterocycles. The number of nitrogens with one attached hydrogen (secondary N) is 1. The number of carbonyl (C=O) groups excluding carboxylic acids is 1. The molecule has 2 rings (SSSR count). The van der Waals surface area contributed by atoms with Crippen molar-refractivity contribution in [3.8, 4) is 0 Å². The van der Waals surface area contributed by atoms with Crippen LogP contribution in [0.5, 0.6) is 0 Å². The minimum atomic E-state index is -0.384. The maximum absolute atomic E-state index is 11.9. The van der Waals surface area contributed by atoms with Crippen molar-refractivity contribution in [2.75, 3.05) is 5.32 Å². The van der Waals surface area contributed by atoms with Crippen LogP contribution in [0, 0.1) is 6.92 Å². The molecule has 0 aliphatic rings. The zero-order chi connectivity index (χ0) is 14.0. The molecule has 6 nitrogen and oxygen atoms in total. The molecule has 1 amide bonds. The molecule has 0 aromatic carbocycles. The van der Waals surface area contributed by atoms with E-state index in [9.17, 15) is 4.79 Å². The third-order valence-electron chi connectivity index (χ3n) is 2.19. The third kappa shape index (κ3) is 3.46. The van der Waals surface area contributed by atoms with Gasteiger partial charge in [0.25, 0.3) is 5.91 Å². The van der Waals surface area contributed by atoms with E-state index in [1.165, 1.54) is 11.3 Å². The second-order valence-electron chi connectivity index (χ2n) is 3.97. The summed E-state index contributed by atoms with van der Waals surface area (Å²) in [7, 11) is 0. The molecular weight excluding hydrogens is 286 g/mol. The summed E-state index contributed by atoms with van der Waals surface area (Å²) in [5.41, 5.74) is 6.66. The van der Waals surface area contributed by atoms with Crippen molar-refractivity contribution < 1.29 is 4.79 Å². The minimum Gasteiger partial charge on any atom is -0.322 e. The van der Waals surface area contributed by atoms with Gasteiger partial charge in [-0.05, 0) is 19.9 Å². The Morgan fingerprint density at radius 3 is 2.79 bits per heavy atom. The van der Waals surface area contributed by atoms with Crippen LogP contribution in [-0.4, -0.2) is 20.9 Å². The van der Waals surface area contributed by atoms with Gasteiger partial charge in [0.1, 0.15) is 15.9 Å². The van der Waals surface area contributed by atoms with E-state index in [1.54, 1.807) is 18.4 Å². The van der Waals surface area contributed by atoms with Gasteiger partial charge in [0.2, 0.25) is 5.95 Å². The number of aromatic nitrogens is 3. The van der Waals surface area contributed by atoms with E-state index < -0.39 is 0 Å². The van der Waals surface area contributed by atoms with Crippen molar-refractivity contribution in [1.29, 1.82) is 0 Å². The van der Waals surface area contributed by atoms with Crippen LogP contribution in [0.4, 0.5) is 5.95 Å².